The fourth-order valence-corrected chi connectivity index (χ4v) is 4.41. The molecule has 1 aromatic rings. The van der Waals surface area contributed by atoms with E-state index in [1.54, 1.807) is 0 Å². The van der Waals surface area contributed by atoms with Crippen LogP contribution in [-0.2, 0) is 9.59 Å². The lowest BCUT2D eigenvalue weighted by Gasteiger charge is -2.37. The van der Waals surface area contributed by atoms with Gasteiger partial charge in [0.2, 0.25) is 11.8 Å². The van der Waals surface area contributed by atoms with Crippen LogP contribution in [0.2, 0.25) is 0 Å². The van der Waals surface area contributed by atoms with Crippen molar-refractivity contribution in [2.75, 3.05) is 37.6 Å². The van der Waals surface area contributed by atoms with Crippen molar-refractivity contribution in [1.29, 1.82) is 0 Å². The molecule has 2 aliphatic rings. The van der Waals surface area contributed by atoms with Gasteiger partial charge < -0.3 is 14.7 Å². The summed E-state index contributed by atoms with van der Waals surface area (Å²) in [5.74, 6) is 0.289. The van der Waals surface area contributed by atoms with Gasteiger partial charge in [0.05, 0.1) is 13.1 Å². The lowest BCUT2D eigenvalue weighted by atomic mass is 10.00. The fourth-order valence-electron chi connectivity index (χ4n) is 4.41. The number of anilines is 1. The molecule has 2 heterocycles. The minimum absolute atomic E-state index is 0.138. The highest BCUT2D eigenvalue weighted by Gasteiger charge is 2.28. The van der Waals surface area contributed by atoms with Gasteiger partial charge >= 0.3 is 0 Å². The van der Waals surface area contributed by atoms with Crippen molar-refractivity contribution in [3.8, 4) is 0 Å². The van der Waals surface area contributed by atoms with Crippen LogP contribution in [0.4, 0.5) is 5.69 Å². The fraction of sp³-hybridized carbons (Fsp3) is 0.652. The summed E-state index contributed by atoms with van der Waals surface area (Å²) in [5, 5.41) is 0. The van der Waals surface area contributed by atoms with E-state index < -0.39 is 0 Å². The van der Waals surface area contributed by atoms with Gasteiger partial charge in [0.1, 0.15) is 0 Å². The molecule has 1 unspecified atom stereocenters. The van der Waals surface area contributed by atoms with Gasteiger partial charge in [0.25, 0.3) is 0 Å². The highest BCUT2D eigenvalue weighted by molar-refractivity contribution is 5.86. The molecule has 0 bridgehead atoms. The lowest BCUT2D eigenvalue weighted by Crippen LogP contribution is -2.50. The van der Waals surface area contributed by atoms with Crippen LogP contribution in [0.15, 0.2) is 24.3 Å². The Morgan fingerprint density at radius 1 is 0.929 bits per heavy atom. The number of amides is 2. The Labute approximate surface area is 169 Å². The maximum atomic E-state index is 13.1. The third kappa shape index (κ3) is 5.27. The second-order valence-corrected chi connectivity index (χ2v) is 8.28. The van der Waals surface area contributed by atoms with E-state index in [0.717, 1.165) is 57.4 Å². The lowest BCUT2D eigenvalue weighted by molar-refractivity contribution is -0.133. The van der Waals surface area contributed by atoms with Crippen molar-refractivity contribution in [2.45, 2.75) is 64.8 Å². The van der Waals surface area contributed by atoms with E-state index in [9.17, 15) is 9.59 Å². The Kier molecular flexibility index (Phi) is 7.35. The summed E-state index contributed by atoms with van der Waals surface area (Å²) < 4.78 is 0. The summed E-state index contributed by atoms with van der Waals surface area (Å²) >= 11 is 0. The van der Waals surface area contributed by atoms with Crippen LogP contribution in [0.5, 0.6) is 0 Å². The summed E-state index contributed by atoms with van der Waals surface area (Å²) in [6.07, 6.45) is 7.76. The molecule has 1 atom stereocenters. The van der Waals surface area contributed by atoms with Gasteiger partial charge in [0, 0.05) is 31.4 Å². The molecule has 28 heavy (non-hydrogen) atoms. The molecule has 0 spiro atoms. The predicted molar refractivity (Wildman–Crippen MR) is 113 cm³/mol. The summed E-state index contributed by atoms with van der Waals surface area (Å²) in [4.78, 5) is 32.0. The zero-order valence-corrected chi connectivity index (χ0v) is 17.5. The monoisotopic (exact) mass is 385 g/mol. The van der Waals surface area contributed by atoms with Crippen LogP contribution in [0, 0.1) is 6.92 Å². The average molecular weight is 386 g/mol. The number of carbonyl (C=O) groups is 2. The summed E-state index contributed by atoms with van der Waals surface area (Å²) in [6.45, 7) is 7.31. The van der Waals surface area contributed by atoms with Crippen molar-refractivity contribution in [1.82, 2.24) is 9.80 Å². The highest BCUT2D eigenvalue weighted by Crippen LogP contribution is 2.22. The van der Waals surface area contributed by atoms with Gasteiger partial charge in [-0.05, 0) is 64.0 Å². The molecule has 2 fully saturated rings. The molecule has 0 saturated carbocycles. The Morgan fingerprint density at radius 3 is 2.25 bits per heavy atom. The van der Waals surface area contributed by atoms with Crippen LogP contribution in [-0.4, -0.2) is 60.4 Å². The molecule has 0 N–H and O–H groups in total. The first-order valence-corrected chi connectivity index (χ1v) is 11.0. The number of nitrogens with zero attached hydrogens (tertiary/aromatic N) is 3. The number of benzene rings is 1. The third-order valence-electron chi connectivity index (χ3n) is 6.18. The number of rotatable bonds is 6. The van der Waals surface area contributed by atoms with E-state index in [1.807, 2.05) is 34.1 Å². The summed E-state index contributed by atoms with van der Waals surface area (Å²) in [7, 11) is 0. The van der Waals surface area contributed by atoms with E-state index in [2.05, 4.69) is 18.7 Å². The first-order chi connectivity index (χ1) is 13.6. The molecule has 1 aromatic carbocycles. The SMILES string of the molecule is CCC1CCCCN1C(=O)CN(CC(=O)N1CCCCC1)c1ccc(C)cc1. The zero-order valence-electron chi connectivity index (χ0n) is 17.5. The van der Waals surface area contributed by atoms with Crippen LogP contribution in [0.3, 0.4) is 0 Å². The molecular formula is C23H35N3O2. The molecule has 2 saturated heterocycles. The van der Waals surface area contributed by atoms with Crippen LogP contribution >= 0.6 is 0 Å². The quantitative estimate of drug-likeness (QED) is 0.751. The van der Waals surface area contributed by atoms with E-state index in [4.69, 9.17) is 0 Å². The highest BCUT2D eigenvalue weighted by atomic mass is 16.2. The number of carbonyl (C=O) groups excluding carboxylic acids is 2. The average Bonchev–Trinajstić information content (AvgIpc) is 2.74. The minimum Gasteiger partial charge on any atom is -0.353 e. The van der Waals surface area contributed by atoms with Crippen molar-refractivity contribution in [3.63, 3.8) is 0 Å². The van der Waals surface area contributed by atoms with Gasteiger partial charge in [-0.2, -0.15) is 0 Å². The topological polar surface area (TPSA) is 43.9 Å². The Hall–Kier alpha value is -2.04. The molecular weight excluding hydrogens is 350 g/mol. The summed E-state index contributed by atoms with van der Waals surface area (Å²) in [5.41, 5.74) is 2.13. The van der Waals surface area contributed by atoms with Gasteiger partial charge in [-0.3, -0.25) is 9.59 Å². The van der Waals surface area contributed by atoms with E-state index in [-0.39, 0.29) is 24.9 Å². The third-order valence-corrected chi connectivity index (χ3v) is 6.18. The number of hydrogen-bond acceptors (Lipinski definition) is 3. The normalized spacial score (nSPS) is 20.1. The number of likely N-dealkylation sites (tertiary alicyclic amines) is 2. The first-order valence-electron chi connectivity index (χ1n) is 11.0. The molecule has 0 radical (unpaired) electrons. The van der Waals surface area contributed by atoms with E-state index in [1.165, 1.54) is 18.4 Å². The first kappa shape index (κ1) is 20.7. The number of aryl methyl sites for hydroxylation is 1. The molecule has 3 rings (SSSR count). The molecule has 154 valence electrons. The van der Waals surface area contributed by atoms with Crippen LogP contribution in [0.1, 0.15) is 57.4 Å². The van der Waals surface area contributed by atoms with Crippen molar-refractivity contribution in [3.05, 3.63) is 29.8 Å². The van der Waals surface area contributed by atoms with Gasteiger partial charge in [-0.1, -0.05) is 24.6 Å². The van der Waals surface area contributed by atoms with Gasteiger partial charge in [-0.25, -0.2) is 0 Å². The minimum atomic E-state index is 0.138. The molecule has 0 aromatic heterocycles. The smallest absolute Gasteiger partial charge is 0.242 e. The molecule has 5 heteroatoms. The van der Waals surface area contributed by atoms with E-state index >= 15 is 0 Å². The van der Waals surface area contributed by atoms with Crippen molar-refractivity contribution < 1.29 is 9.59 Å². The molecule has 2 amide bonds. The molecule has 2 aliphatic heterocycles. The maximum Gasteiger partial charge on any atom is 0.242 e. The zero-order chi connectivity index (χ0) is 19.9. The standard InChI is InChI=1S/C23H35N3O2/c1-3-20-9-5-8-16-26(20)23(28)18-25(21-12-10-19(2)11-13-21)17-22(27)24-14-6-4-7-15-24/h10-13,20H,3-9,14-18H2,1-2H3. The van der Waals surface area contributed by atoms with Crippen molar-refractivity contribution >= 4 is 17.5 Å². The Balaban J connectivity index is 1.72. The molecule has 5 nitrogen and oxygen atoms in total. The maximum absolute atomic E-state index is 13.1. The number of hydrogen-bond donors (Lipinski definition) is 0. The Morgan fingerprint density at radius 2 is 1.57 bits per heavy atom. The second kappa shape index (κ2) is 9.94. The number of piperidine rings is 2. The Bertz CT molecular complexity index is 652. The van der Waals surface area contributed by atoms with E-state index in [0.29, 0.717) is 6.04 Å². The second-order valence-electron chi connectivity index (χ2n) is 8.28. The van der Waals surface area contributed by atoms with Crippen molar-refractivity contribution in [2.24, 2.45) is 0 Å². The van der Waals surface area contributed by atoms with Gasteiger partial charge in [-0.15, -0.1) is 0 Å². The largest absolute Gasteiger partial charge is 0.353 e. The van der Waals surface area contributed by atoms with Gasteiger partial charge in [0.15, 0.2) is 0 Å². The molecule has 0 aliphatic carbocycles. The van der Waals surface area contributed by atoms with Crippen LogP contribution in [0.25, 0.3) is 0 Å². The summed E-state index contributed by atoms with van der Waals surface area (Å²) in [6, 6.07) is 8.50. The van der Waals surface area contributed by atoms with Crippen LogP contribution < -0.4 is 4.90 Å². The predicted octanol–water partition coefficient (Wildman–Crippen LogP) is 3.61.